The third kappa shape index (κ3) is 3.87. The van der Waals surface area contributed by atoms with E-state index in [-0.39, 0.29) is 11.8 Å². The monoisotopic (exact) mass is 338 g/mol. The lowest BCUT2D eigenvalue weighted by Crippen LogP contribution is -2.26. The van der Waals surface area contributed by atoms with Crippen molar-refractivity contribution in [2.24, 2.45) is 11.7 Å². The van der Waals surface area contributed by atoms with E-state index in [2.05, 4.69) is 27.9 Å². The lowest BCUT2D eigenvalue weighted by Gasteiger charge is -2.11. The minimum absolute atomic E-state index is 0.208. The number of rotatable bonds is 4. The molecule has 0 spiro atoms. The Morgan fingerprint density at radius 3 is 2.87 bits per heavy atom. The molecule has 15 heavy (non-hydrogen) atoms. The first-order valence-electron chi connectivity index (χ1n) is 4.49. The number of hydrogen-bond acceptors (Lipinski definition) is 2. The summed E-state index contributed by atoms with van der Waals surface area (Å²) in [5, 5.41) is 3.74. The molecular weight excluding hydrogens is 326 g/mol. The van der Waals surface area contributed by atoms with E-state index in [1.807, 2.05) is 18.2 Å². The summed E-state index contributed by atoms with van der Waals surface area (Å²) in [5.74, 6) is -0.524. The molecule has 82 valence electrons. The summed E-state index contributed by atoms with van der Waals surface area (Å²) in [4.78, 5) is 10.8. The van der Waals surface area contributed by atoms with Gasteiger partial charge in [-0.15, -0.1) is 0 Å². The second kappa shape index (κ2) is 5.55. The number of anilines is 1. The fraction of sp³-hybridized carbons (Fsp3) is 0.300. The van der Waals surface area contributed by atoms with E-state index >= 15 is 0 Å². The molecule has 0 saturated heterocycles. The van der Waals surface area contributed by atoms with Gasteiger partial charge in [-0.2, -0.15) is 0 Å². The highest BCUT2D eigenvalue weighted by molar-refractivity contribution is 14.1. The predicted molar refractivity (Wildman–Crippen MR) is 71.0 cm³/mol. The van der Waals surface area contributed by atoms with Gasteiger partial charge in [0.05, 0.1) is 16.6 Å². The summed E-state index contributed by atoms with van der Waals surface area (Å²) in [6, 6.07) is 5.70. The summed E-state index contributed by atoms with van der Waals surface area (Å²) in [6.07, 6.45) is 0. The summed E-state index contributed by atoms with van der Waals surface area (Å²) in [7, 11) is 0. The van der Waals surface area contributed by atoms with Crippen LogP contribution in [0.4, 0.5) is 5.69 Å². The van der Waals surface area contributed by atoms with Crippen LogP contribution in [0.25, 0.3) is 0 Å². The maximum absolute atomic E-state index is 10.8. The predicted octanol–water partition coefficient (Wildman–Crippen LogP) is 2.48. The molecule has 0 aromatic heterocycles. The topological polar surface area (TPSA) is 55.1 Å². The number of carbonyl (C=O) groups excluding carboxylic acids is 1. The van der Waals surface area contributed by atoms with Gasteiger partial charge in [-0.05, 0) is 40.8 Å². The highest BCUT2D eigenvalue weighted by Crippen LogP contribution is 2.23. The maximum Gasteiger partial charge on any atom is 0.222 e. The number of amides is 1. The zero-order valence-electron chi connectivity index (χ0n) is 8.26. The van der Waals surface area contributed by atoms with E-state index < -0.39 is 0 Å². The smallest absolute Gasteiger partial charge is 0.222 e. The molecule has 0 aliphatic heterocycles. The Morgan fingerprint density at radius 1 is 1.67 bits per heavy atom. The summed E-state index contributed by atoms with van der Waals surface area (Å²) < 4.78 is 1.08. The van der Waals surface area contributed by atoms with E-state index in [4.69, 9.17) is 17.3 Å². The number of halogens is 2. The number of hydrogen-bond donors (Lipinski definition) is 2. The molecule has 1 unspecified atom stereocenters. The largest absolute Gasteiger partial charge is 0.383 e. The first kappa shape index (κ1) is 12.6. The normalized spacial score (nSPS) is 12.2. The van der Waals surface area contributed by atoms with Gasteiger partial charge in [0.25, 0.3) is 0 Å². The summed E-state index contributed by atoms with van der Waals surface area (Å²) in [6.45, 7) is 2.27. The summed E-state index contributed by atoms with van der Waals surface area (Å²) in [5.41, 5.74) is 5.97. The van der Waals surface area contributed by atoms with Crippen LogP contribution in [0.1, 0.15) is 6.92 Å². The van der Waals surface area contributed by atoms with Gasteiger partial charge in [0.2, 0.25) is 5.91 Å². The molecule has 0 aliphatic rings. The van der Waals surface area contributed by atoms with Crippen LogP contribution in [-0.2, 0) is 4.79 Å². The molecular formula is C10H12ClIN2O. The Balaban J connectivity index is 2.62. The van der Waals surface area contributed by atoms with Gasteiger partial charge in [0.1, 0.15) is 0 Å². The van der Waals surface area contributed by atoms with Gasteiger partial charge in [0.15, 0.2) is 0 Å². The molecule has 0 fully saturated rings. The van der Waals surface area contributed by atoms with Crippen molar-refractivity contribution < 1.29 is 4.79 Å². The minimum Gasteiger partial charge on any atom is -0.383 e. The minimum atomic E-state index is -0.316. The van der Waals surface area contributed by atoms with Crippen LogP contribution in [0.5, 0.6) is 0 Å². The Morgan fingerprint density at radius 2 is 2.33 bits per heavy atom. The van der Waals surface area contributed by atoms with Gasteiger partial charge in [-0.25, -0.2) is 0 Å². The molecule has 0 bridgehead atoms. The fourth-order valence-electron chi connectivity index (χ4n) is 0.996. The lowest BCUT2D eigenvalue weighted by atomic mass is 10.1. The average Bonchev–Trinajstić information content (AvgIpc) is 2.15. The highest BCUT2D eigenvalue weighted by atomic mass is 127. The van der Waals surface area contributed by atoms with Crippen LogP contribution >= 0.6 is 34.2 Å². The molecule has 5 heteroatoms. The van der Waals surface area contributed by atoms with Gasteiger partial charge in [0, 0.05) is 10.1 Å². The van der Waals surface area contributed by atoms with Crippen LogP contribution in [0, 0.1) is 9.49 Å². The average molecular weight is 339 g/mol. The fourth-order valence-corrected chi connectivity index (χ4v) is 1.92. The Bertz CT molecular complexity index is 370. The van der Waals surface area contributed by atoms with Gasteiger partial charge in [-0.3, -0.25) is 4.79 Å². The number of benzene rings is 1. The summed E-state index contributed by atoms with van der Waals surface area (Å²) >= 11 is 8.20. The quantitative estimate of drug-likeness (QED) is 0.829. The number of nitrogens with one attached hydrogen (secondary N) is 1. The molecule has 1 rings (SSSR count). The highest BCUT2D eigenvalue weighted by Gasteiger charge is 2.08. The van der Waals surface area contributed by atoms with Gasteiger partial charge >= 0.3 is 0 Å². The standard InChI is InChI=1S/C10H12ClIN2O/c1-6(10(13)15)5-14-9-3-2-7(12)4-8(9)11/h2-4,6,14H,5H2,1H3,(H2,13,15). The Hall–Kier alpha value is -0.490. The number of nitrogens with two attached hydrogens (primary N) is 1. The molecule has 0 radical (unpaired) electrons. The molecule has 3 N–H and O–H groups in total. The van der Waals surface area contributed by atoms with Crippen molar-refractivity contribution >= 4 is 45.8 Å². The van der Waals surface area contributed by atoms with E-state index in [0.29, 0.717) is 11.6 Å². The van der Waals surface area contributed by atoms with Crippen LogP contribution in [0.2, 0.25) is 5.02 Å². The molecule has 3 nitrogen and oxygen atoms in total. The van der Waals surface area contributed by atoms with Crippen molar-refractivity contribution in [2.45, 2.75) is 6.92 Å². The zero-order chi connectivity index (χ0) is 11.4. The third-order valence-corrected chi connectivity index (χ3v) is 3.00. The molecule has 0 heterocycles. The van der Waals surface area contributed by atoms with Crippen LogP contribution < -0.4 is 11.1 Å². The molecule has 0 saturated carbocycles. The van der Waals surface area contributed by atoms with E-state index in [1.165, 1.54) is 0 Å². The van der Waals surface area contributed by atoms with Crippen LogP contribution in [0.15, 0.2) is 18.2 Å². The van der Waals surface area contributed by atoms with E-state index in [9.17, 15) is 4.79 Å². The Kier molecular flexibility index (Phi) is 4.66. The molecule has 1 aromatic carbocycles. The maximum atomic E-state index is 10.8. The van der Waals surface area contributed by atoms with E-state index in [1.54, 1.807) is 6.92 Å². The lowest BCUT2D eigenvalue weighted by molar-refractivity contribution is -0.120. The van der Waals surface area contributed by atoms with Crippen molar-refractivity contribution in [3.8, 4) is 0 Å². The number of primary amides is 1. The number of carbonyl (C=O) groups is 1. The van der Waals surface area contributed by atoms with Crippen molar-refractivity contribution in [1.29, 1.82) is 0 Å². The van der Waals surface area contributed by atoms with Crippen molar-refractivity contribution in [3.63, 3.8) is 0 Å². The SMILES string of the molecule is CC(CNc1ccc(I)cc1Cl)C(N)=O. The second-order valence-corrected chi connectivity index (χ2v) is 4.96. The molecule has 1 atom stereocenters. The van der Waals surface area contributed by atoms with Crippen molar-refractivity contribution in [1.82, 2.24) is 0 Å². The first-order valence-corrected chi connectivity index (χ1v) is 5.94. The van der Waals surface area contributed by atoms with Gasteiger partial charge in [-0.1, -0.05) is 18.5 Å². The van der Waals surface area contributed by atoms with Crippen LogP contribution in [0.3, 0.4) is 0 Å². The molecule has 1 aromatic rings. The second-order valence-electron chi connectivity index (χ2n) is 3.31. The molecule has 0 aliphatic carbocycles. The van der Waals surface area contributed by atoms with Crippen molar-refractivity contribution in [2.75, 3.05) is 11.9 Å². The Labute approximate surface area is 108 Å². The van der Waals surface area contributed by atoms with Gasteiger partial charge < -0.3 is 11.1 Å². The zero-order valence-corrected chi connectivity index (χ0v) is 11.2. The van der Waals surface area contributed by atoms with Crippen LogP contribution in [-0.4, -0.2) is 12.5 Å². The first-order chi connectivity index (χ1) is 7.00. The molecule has 1 amide bonds. The van der Waals surface area contributed by atoms with Crippen molar-refractivity contribution in [3.05, 3.63) is 26.8 Å². The third-order valence-electron chi connectivity index (χ3n) is 2.02. The van der Waals surface area contributed by atoms with E-state index in [0.717, 1.165) is 9.26 Å².